The van der Waals surface area contributed by atoms with Gasteiger partial charge >= 0.3 is 0 Å². The SMILES string of the molecule is COc1ccc(Oc2ccc(Br)cc2CCl)cc1. The molecule has 2 rings (SSSR count). The zero-order chi connectivity index (χ0) is 13.0. The monoisotopic (exact) mass is 326 g/mol. The molecule has 2 nitrogen and oxygen atoms in total. The minimum Gasteiger partial charge on any atom is -0.497 e. The fourth-order valence-electron chi connectivity index (χ4n) is 1.52. The van der Waals surface area contributed by atoms with Gasteiger partial charge in [-0.05, 0) is 42.5 Å². The summed E-state index contributed by atoms with van der Waals surface area (Å²) < 4.78 is 11.9. The van der Waals surface area contributed by atoms with Gasteiger partial charge in [-0.25, -0.2) is 0 Å². The van der Waals surface area contributed by atoms with Crippen molar-refractivity contribution in [2.45, 2.75) is 5.88 Å². The van der Waals surface area contributed by atoms with Crippen molar-refractivity contribution < 1.29 is 9.47 Å². The number of hydrogen-bond donors (Lipinski definition) is 0. The number of alkyl halides is 1. The lowest BCUT2D eigenvalue weighted by Crippen LogP contribution is -1.90. The highest BCUT2D eigenvalue weighted by molar-refractivity contribution is 9.10. The molecule has 0 radical (unpaired) electrons. The molecule has 0 aliphatic heterocycles. The van der Waals surface area contributed by atoms with Crippen LogP contribution in [0, 0.1) is 0 Å². The molecule has 2 aromatic rings. The van der Waals surface area contributed by atoms with E-state index in [4.69, 9.17) is 21.1 Å². The van der Waals surface area contributed by atoms with Gasteiger partial charge in [-0.3, -0.25) is 0 Å². The lowest BCUT2D eigenvalue weighted by Gasteiger charge is -2.10. The average Bonchev–Trinajstić information content (AvgIpc) is 2.41. The molecule has 18 heavy (non-hydrogen) atoms. The zero-order valence-electron chi connectivity index (χ0n) is 9.82. The van der Waals surface area contributed by atoms with Crippen LogP contribution in [0.4, 0.5) is 0 Å². The van der Waals surface area contributed by atoms with Gasteiger partial charge in [-0.15, -0.1) is 11.6 Å². The van der Waals surface area contributed by atoms with Gasteiger partial charge in [0.1, 0.15) is 17.2 Å². The van der Waals surface area contributed by atoms with Crippen molar-refractivity contribution in [3.8, 4) is 17.2 Å². The molecule has 0 aromatic heterocycles. The van der Waals surface area contributed by atoms with Crippen molar-refractivity contribution in [3.63, 3.8) is 0 Å². The first-order valence-corrected chi connectivity index (χ1v) is 6.72. The summed E-state index contributed by atoms with van der Waals surface area (Å²) in [5.74, 6) is 2.73. The molecule has 0 aliphatic carbocycles. The Morgan fingerprint density at radius 2 is 1.72 bits per heavy atom. The molecule has 0 aliphatic rings. The highest BCUT2D eigenvalue weighted by Crippen LogP contribution is 2.30. The Morgan fingerprint density at radius 3 is 2.33 bits per heavy atom. The van der Waals surface area contributed by atoms with Crippen LogP contribution in [0.2, 0.25) is 0 Å². The van der Waals surface area contributed by atoms with Crippen LogP contribution in [0.1, 0.15) is 5.56 Å². The van der Waals surface area contributed by atoms with Gasteiger partial charge in [-0.1, -0.05) is 15.9 Å². The Bertz CT molecular complexity index is 526. The zero-order valence-corrected chi connectivity index (χ0v) is 12.2. The molecule has 0 spiro atoms. The highest BCUT2D eigenvalue weighted by atomic mass is 79.9. The van der Waals surface area contributed by atoms with Crippen LogP contribution in [0.3, 0.4) is 0 Å². The number of ether oxygens (including phenoxy) is 2. The molecule has 0 bridgehead atoms. The summed E-state index contributed by atoms with van der Waals surface area (Å²) in [6, 6.07) is 13.2. The van der Waals surface area contributed by atoms with Gasteiger partial charge in [-0.2, -0.15) is 0 Å². The van der Waals surface area contributed by atoms with E-state index < -0.39 is 0 Å². The maximum absolute atomic E-state index is 5.90. The van der Waals surface area contributed by atoms with Crippen molar-refractivity contribution in [1.82, 2.24) is 0 Å². The van der Waals surface area contributed by atoms with Crippen molar-refractivity contribution in [2.24, 2.45) is 0 Å². The maximum Gasteiger partial charge on any atom is 0.131 e. The van der Waals surface area contributed by atoms with E-state index in [2.05, 4.69) is 15.9 Å². The van der Waals surface area contributed by atoms with Crippen LogP contribution in [-0.2, 0) is 5.88 Å². The molecular weight excluding hydrogens is 316 g/mol. The predicted octanol–water partition coefficient (Wildman–Crippen LogP) is 4.99. The third kappa shape index (κ3) is 3.18. The number of rotatable bonds is 4. The van der Waals surface area contributed by atoms with E-state index in [1.165, 1.54) is 0 Å². The Labute approximate surface area is 120 Å². The summed E-state index contributed by atoms with van der Waals surface area (Å²) in [5, 5.41) is 0. The van der Waals surface area contributed by atoms with Gasteiger partial charge in [0.25, 0.3) is 0 Å². The lowest BCUT2D eigenvalue weighted by molar-refractivity contribution is 0.412. The van der Waals surface area contributed by atoms with E-state index in [1.54, 1.807) is 7.11 Å². The van der Waals surface area contributed by atoms with Crippen molar-refractivity contribution in [3.05, 3.63) is 52.5 Å². The van der Waals surface area contributed by atoms with Gasteiger partial charge < -0.3 is 9.47 Å². The third-order valence-corrected chi connectivity index (χ3v) is 3.23. The lowest BCUT2D eigenvalue weighted by atomic mass is 10.2. The van der Waals surface area contributed by atoms with Crippen LogP contribution in [0.5, 0.6) is 17.2 Å². The fourth-order valence-corrected chi connectivity index (χ4v) is 2.14. The minimum atomic E-state index is 0.408. The summed E-state index contributed by atoms with van der Waals surface area (Å²) in [6.07, 6.45) is 0. The molecule has 2 aromatic carbocycles. The van der Waals surface area contributed by atoms with E-state index in [9.17, 15) is 0 Å². The standard InChI is InChI=1S/C14H12BrClO2/c1-17-12-3-5-13(6-4-12)18-14-7-2-11(15)8-10(14)9-16/h2-8H,9H2,1H3. The van der Waals surface area contributed by atoms with Gasteiger partial charge in [0.2, 0.25) is 0 Å². The van der Waals surface area contributed by atoms with E-state index >= 15 is 0 Å². The van der Waals surface area contributed by atoms with Crippen LogP contribution < -0.4 is 9.47 Å². The molecule has 0 N–H and O–H groups in total. The summed E-state index contributed by atoms with van der Waals surface area (Å²) in [6.45, 7) is 0. The molecule has 94 valence electrons. The quantitative estimate of drug-likeness (QED) is 0.737. The van der Waals surface area contributed by atoms with Gasteiger partial charge in [0, 0.05) is 10.0 Å². The third-order valence-electron chi connectivity index (χ3n) is 2.45. The maximum atomic E-state index is 5.90. The Hall–Kier alpha value is -1.19. The molecule has 0 atom stereocenters. The molecule has 4 heteroatoms. The van der Waals surface area contributed by atoms with Crippen LogP contribution in [0.25, 0.3) is 0 Å². The van der Waals surface area contributed by atoms with E-state index in [1.807, 2.05) is 42.5 Å². The molecule has 0 unspecified atom stereocenters. The van der Waals surface area contributed by atoms with Crippen molar-refractivity contribution >= 4 is 27.5 Å². The van der Waals surface area contributed by atoms with Crippen molar-refractivity contribution in [2.75, 3.05) is 7.11 Å². The molecule has 0 heterocycles. The largest absolute Gasteiger partial charge is 0.497 e. The smallest absolute Gasteiger partial charge is 0.131 e. The second kappa shape index (κ2) is 6.12. The van der Waals surface area contributed by atoms with Crippen LogP contribution >= 0.6 is 27.5 Å². The predicted molar refractivity (Wildman–Crippen MR) is 76.8 cm³/mol. The van der Waals surface area contributed by atoms with Gasteiger partial charge in [0.05, 0.1) is 13.0 Å². The first-order valence-electron chi connectivity index (χ1n) is 5.39. The van der Waals surface area contributed by atoms with E-state index in [0.717, 1.165) is 27.3 Å². The summed E-state index contributed by atoms with van der Waals surface area (Å²) >= 11 is 9.31. The van der Waals surface area contributed by atoms with E-state index in [-0.39, 0.29) is 0 Å². The fraction of sp³-hybridized carbons (Fsp3) is 0.143. The molecular formula is C14H12BrClO2. The summed E-state index contributed by atoms with van der Waals surface area (Å²) in [4.78, 5) is 0. The number of methoxy groups -OCH3 is 1. The van der Waals surface area contributed by atoms with Crippen LogP contribution in [0.15, 0.2) is 46.9 Å². The Morgan fingerprint density at radius 1 is 1.06 bits per heavy atom. The Balaban J connectivity index is 2.22. The number of benzene rings is 2. The molecule has 0 saturated carbocycles. The number of hydrogen-bond acceptors (Lipinski definition) is 2. The molecule has 0 saturated heterocycles. The first-order chi connectivity index (χ1) is 8.72. The Kier molecular flexibility index (Phi) is 4.50. The van der Waals surface area contributed by atoms with E-state index in [0.29, 0.717) is 5.88 Å². The topological polar surface area (TPSA) is 18.5 Å². The van der Waals surface area contributed by atoms with Crippen molar-refractivity contribution in [1.29, 1.82) is 0 Å². The average molecular weight is 328 g/mol. The minimum absolute atomic E-state index is 0.408. The normalized spacial score (nSPS) is 10.2. The highest BCUT2D eigenvalue weighted by Gasteiger charge is 2.05. The molecule has 0 amide bonds. The van der Waals surface area contributed by atoms with Gasteiger partial charge in [0.15, 0.2) is 0 Å². The summed E-state index contributed by atoms with van der Waals surface area (Å²) in [7, 11) is 1.64. The number of halogens is 2. The second-order valence-electron chi connectivity index (χ2n) is 3.66. The first kappa shape index (κ1) is 13.2. The van der Waals surface area contributed by atoms with Crippen LogP contribution in [-0.4, -0.2) is 7.11 Å². The molecule has 0 fully saturated rings. The summed E-state index contributed by atoms with van der Waals surface area (Å²) in [5.41, 5.74) is 0.946. The second-order valence-corrected chi connectivity index (χ2v) is 4.85.